The lowest BCUT2D eigenvalue weighted by molar-refractivity contribution is 0.0374. The number of nitrogens with zero attached hydrogens (tertiary/aromatic N) is 8. The van der Waals surface area contributed by atoms with Gasteiger partial charge in [-0.05, 0) is 44.3 Å². The number of benzene rings is 1. The smallest absolute Gasteiger partial charge is 0.273 e. The molecule has 0 atom stereocenters. The molecule has 2 saturated heterocycles. The second-order valence-corrected chi connectivity index (χ2v) is 11.4. The molecule has 14 heteroatoms. The van der Waals surface area contributed by atoms with Crippen molar-refractivity contribution in [3.63, 3.8) is 0 Å². The maximum Gasteiger partial charge on any atom is 0.273 e. The van der Waals surface area contributed by atoms with Crippen molar-refractivity contribution in [2.24, 2.45) is 0 Å². The van der Waals surface area contributed by atoms with Crippen LogP contribution in [0.15, 0.2) is 36.7 Å². The number of anilines is 3. The normalized spacial score (nSPS) is 16.2. The first-order chi connectivity index (χ1) is 20.8. The quantitative estimate of drug-likeness (QED) is 0.260. The van der Waals surface area contributed by atoms with Crippen LogP contribution in [0.4, 0.5) is 17.1 Å². The summed E-state index contributed by atoms with van der Waals surface area (Å²) >= 11 is 6.11. The lowest BCUT2D eigenvalue weighted by atomic mass is 10.1. The third-order valence-corrected chi connectivity index (χ3v) is 7.89. The summed E-state index contributed by atoms with van der Waals surface area (Å²) in [6.07, 6.45) is 3.92. The van der Waals surface area contributed by atoms with E-state index in [9.17, 15) is 9.59 Å². The van der Waals surface area contributed by atoms with Gasteiger partial charge in [-0.25, -0.2) is 9.67 Å². The average Bonchev–Trinajstić information content (AvgIpc) is 3.51. The van der Waals surface area contributed by atoms with E-state index in [4.69, 9.17) is 16.3 Å². The van der Waals surface area contributed by atoms with Gasteiger partial charge in [0, 0.05) is 66.1 Å². The van der Waals surface area contributed by atoms with Crippen molar-refractivity contribution < 1.29 is 14.3 Å². The van der Waals surface area contributed by atoms with Crippen molar-refractivity contribution in [3.8, 4) is 5.69 Å². The SMILES string of the molecule is CN1CCN(c2ccc(-n3cc(C(=O)NCCCN4CCOCC4)nn3)cc2NC(=O)c2cnc(Cl)cc2N(C)C)CC1. The van der Waals surface area contributed by atoms with E-state index in [1.807, 2.05) is 37.2 Å². The van der Waals surface area contributed by atoms with Gasteiger partial charge in [0.25, 0.3) is 11.8 Å². The van der Waals surface area contributed by atoms with Crippen LogP contribution in [-0.4, -0.2) is 128 Å². The molecule has 2 fully saturated rings. The molecule has 0 radical (unpaired) electrons. The number of carbonyl (C=O) groups excluding carboxylic acids is 2. The van der Waals surface area contributed by atoms with Crippen molar-refractivity contribution >= 4 is 40.5 Å². The number of hydrogen-bond acceptors (Lipinski definition) is 10. The topological polar surface area (TPSA) is 124 Å². The van der Waals surface area contributed by atoms with E-state index < -0.39 is 0 Å². The molecule has 4 heterocycles. The van der Waals surface area contributed by atoms with Crippen LogP contribution in [0.5, 0.6) is 0 Å². The predicted octanol–water partition coefficient (Wildman–Crippen LogP) is 1.84. The molecule has 0 aliphatic carbocycles. The number of likely N-dealkylation sites (N-methyl/N-ethyl adjacent to an activating group) is 1. The second kappa shape index (κ2) is 14.1. The second-order valence-electron chi connectivity index (χ2n) is 11.0. The number of carbonyl (C=O) groups is 2. The summed E-state index contributed by atoms with van der Waals surface area (Å²) in [5, 5.41) is 14.6. The molecule has 2 amide bonds. The third-order valence-electron chi connectivity index (χ3n) is 7.68. The molecule has 0 bridgehead atoms. The standard InChI is InChI=1S/C29H39ClN10O3/c1-36(2)26-18-27(30)32-19-22(26)28(41)33-23-17-21(5-6-25(23)39-11-9-37(3)10-12-39)40-20-24(34-35-40)29(42)31-7-4-8-38-13-15-43-16-14-38/h5-6,17-20H,4,7-16H2,1-3H3,(H,31,42)(H,33,41). The molecule has 0 saturated carbocycles. The molecule has 2 N–H and O–H groups in total. The highest BCUT2D eigenvalue weighted by Gasteiger charge is 2.22. The fourth-order valence-corrected chi connectivity index (χ4v) is 5.31. The highest BCUT2D eigenvalue weighted by Crippen LogP contribution is 2.31. The van der Waals surface area contributed by atoms with E-state index in [-0.39, 0.29) is 17.5 Å². The van der Waals surface area contributed by atoms with E-state index in [0.717, 1.165) is 71.1 Å². The van der Waals surface area contributed by atoms with Gasteiger partial charge in [0.2, 0.25) is 0 Å². The van der Waals surface area contributed by atoms with Crippen molar-refractivity contribution in [2.45, 2.75) is 6.42 Å². The third kappa shape index (κ3) is 7.79. The van der Waals surface area contributed by atoms with Gasteiger partial charge in [-0.15, -0.1) is 5.10 Å². The van der Waals surface area contributed by atoms with E-state index in [0.29, 0.717) is 34.3 Å². The highest BCUT2D eigenvalue weighted by molar-refractivity contribution is 6.30. The maximum atomic E-state index is 13.6. The summed E-state index contributed by atoms with van der Waals surface area (Å²) in [5.74, 6) is -0.585. The van der Waals surface area contributed by atoms with Gasteiger partial charge < -0.3 is 30.1 Å². The predicted molar refractivity (Wildman–Crippen MR) is 167 cm³/mol. The van der Waals surface area contributed by atoms with Gasteiger partial charge in [0.15, 0.2) is 5.69 Å². The number of pyridine rings is 1. The fourth-order valence-electron chi connectivity index (χ4n) is 5.16. The number of morpholine rings is 1. The molecule has 230 valence electrons. The first-order valence-electron chi connectivity index (χ1n) is 14.5. The Balaban J connectivity index is 1.32. The molecule has 13 nitrogen and oxygen atoms in total. The van der Waals surface area contributed by atoms with Gasteiger partial charge in [0.1, 0.15) is 5.15 Å². The number of aromatic nitrogens is 4. The largest absolute Gasteiger partial charge is 0.379 e. The Kier molecular flexibility index (Phi) is 10.1. The first-order valence-corrected chi connectivity index (χ1v) is 14.9. The molecule has 2 aliphatic heterocycles. The molecule has 0 spiro atoms. The Hall–Kier alpha value is -3.78. The number of amides is 2. The van der Waals surface area contributed by atoms with Crippen molar-refractivity contribution in [2.75, 3.05) is 102 Å². The molecule has 3 aromatic rings. The Bertz CT molecular complexity index is 1420. The van der Waals surface area contributed by atoms with Crippen LogP contribution in [0.1, 0.15) is 27.3 Å². The van der Waals surface area contributed by atoms with Gasteiger partial charge in [-0.1, -0.05) is 16.8 Å². The van der Waals surface area contributed by atoms with Crippen LogP contribution < -0.4 is 20.4 Å². The van der Waals surface area contributed by atoms with Crippen molar-refractivity contribution in [1.29, 1.82) is 0 Å². The lowest BCUT2D eigenvalue weighted by Gasteiger charge is -2.35. The van der Waals surface area contributed by atoms with Gasteiger partial charge in [0.05, 0.1) is 47.7 Å². The van der Waals surface area contributed by atoms with E-state index in [1.165, 1.54) is 6.20 Å². The van der Waals surface area contributed by atoms with E-state index >= 15 is 0 Å². The zero-order chi connectivity index (χ0) is 30.3. The summed E-state index contributed by atoms with van der Waals surface area (Å²) in [5.41, 5.74) is 3.47. The van der Waals surface area contributed by atoms with Gasteiger partial charge in [-0.2, -0.15) is 0 Å². The zero-order valence-electron chi connectivity index (χ0n) is 24.9. The Morgan fingerprint density at radius 2 is 1.81 bits per heavy atom. The van der Waals surface area contributed by atoms with Crippen LogP contribution in [0.25, 0.3) is 5.69 Å². The van der Waals surface area contributed by atoms with Crippen LogP contribution in [0, 0.1) is 0 Å². The number of ether oxygens (including phenoxy) is 1. The summed E-state index contributed by atoms with van der Waals surface area (Å²) < 4.78 is 6.93. The van der Waals surface area contributed by atoms with Gasteiger partial charge >= 0.3 is 0 Å². The van der Waals surface area contributed by atoms with Crippen LogP contribution in [0.3, 0.4) is 0 Å². The number of halogens is 1. The number of hydrogen-bond donors (Lipinski definition) is 2. The van der Waals surface area contributed by atoms with E-state index in [2.05, 4.69) is 47.7 Å². The minimum absolute atomic E-state index is 0.225. The number of rotatable bonds is 10. The summed E-state index contributed by atoms with van der Waals surface area (Å²) in [7, 11) is 5.80. The summed E-state index contributed by atoms with van der Waals surface area (Å²) in [6, 6.07) is 7.40. The summed E-state index contributed by atoms with van der Waals surface area (Å²) in [6.45, 7) is 8.29. The first kappa shape index (κ1) is 30.7. The fraction of sp³-hybridized carbons (Fsp3) is 0.483. The van der Waals surface area contributed by atoms with Gasteiger partial charge in [-0.3, -0.25) is 14.5 Å². The molecule has 1 aromatic carbocycles. The molecule has 2 aromatic heterocycles. The maximum absolute atomic E-state index is 13.6. The monoisotopic (exact) mass is 610 g/mol. The molecule has 43 heavy (non-hydrogen) atoms. The average molecular weight is 611 g/mol. The molecule has 2 aliphatic rings. The van der Waals surface area contributed by atoms with Crippen LogP contribution >= 0.6 is 11.6 Å². The molecule has 0 unspecified atom stereocenters. The van der Waals surface area contributed by atoms with Crippen molar-refractivity contribution in [1.82, 2.24) is 35.1 Å². The minimum atomic E-state index is -0.309. The van der Waals surface area contributed by atoms with Crippen molar-refractivity contribution in [3.05, 3.63) is 53.1 Å². The molecular weight excluding hydrogens is 572 g/mol. The number of piperazine rings is 1. The molecular formula is C29H39ClN10O3. The van der Waals surface area contributed by atoms with Crippen LogP contribution in [0.2, 0.25) is 5.15 Å². The Morgan fingerprint density at radius 3 is 2.56 bits per heavy atom. The molecule has 5 rings (SSSR count). The van der Waals surface area contributed by atoms with E-state index in [1.54, 1.807) is 16.9 Å². The Labute approximate surface area is 256 Å². The lowest BCUT2D eigenvalue weighted by Crippen LogP contribution is -2.44. The highest BCUT2D eigenvalue weighted by atomic mass is 35.5. The summed E-state index contributed by atoms with van der Waals surface area (Å²) in [4.78, 5) is 39.1. The van der Waals surface area contributed by atoms with Crippen LogP contribution in [-0.2, 0) is 4.74 Å². The minimum Gasteiger partial charge on any atom is -0.379 e. The number of nitrogens with one attached hydrogen (secondary N) is 2. The Morgan fingerprint density at radius 1 is 1.05 bits per heavy atom. The zero-order valence-corrected chi connectivity index (χ0v) is 25.7.